The molecule has 0 spiro atoms. The standard InChI is InChI=1S/C13H15N3O2/c1-8-4-5-11(6-14-8)7-15-13(17)12-9(2)16-18-10(12)3/h4-6H,7H2,1-3H3,(H,15,17). The van der Waals surface area contributed by atoms with Gasteiger partial charge in [0.25, 0.3) is 5.91 Å². The van der Waals surface area contributed by atoms with Crippen LogP contribution in [0.2, 0.25) is 0 Å². The van der Waals surface area contributed by atoms with Crippen LogP contribution in [-0.2, 0) is 6.54 Å². The van der Waals surface area contributed by atoms with Crippen LogP contribution in [0.3, 0.4) is 0 Å². The Morgan fingerprint density at radius 2 is 2.11 bits per heavy atom. The van der Waals surface area contributed by atoms with Gasteiger partial charge in [0.2, 0.25) is 0 Å². The average molecular weight is 245 g/mol. The third-order valence-corrected chi connectivity index (χ3v) is 2.69. The Kier molecular flexibility index (Phi) is 3.41. The lowest BCUT2D eigenvalue weighted by molar-refractivity contribution is 0.0949. The highest BCUT2D eigenvalue weighted by atomic mass is 16.5. The van der Waals surface area contributed by atoms with E-state index in [1.807, 2.05) is 19.1 Å². The summed E-state index contributed by atoms with van der Waals surface area (Å²) < 4.78 is 4.96. The van der Waals surface area contributed by atoms with Gasteiger partial charge in [-0.1, -0.05) is 11.2 Å². The van der Waals surface area contributed by atoms with Crippen LogP contribution in [0.15, 0.2) is 22.9 Å². The Hall–Kier alpha value is -2.17. The summed E-state index contributed by atoms with van der Waals surface area (Å²) in [4.78, 5) is 16.1. The van der Waals surface area contributed by atoms with Gasteiger partial charge in [-0.25, -0.2) is 0 Å². The molecule has 0 bridgehead atoms. The number of rotatable bonds is 3. The number of aromatic nitrogens is 2. The van der Waals surface area contributed by atoms with E-state index in [1.54, 1.807) is 20.0 Å². The van der Waals surface area contributed by atoms with Crippen LogP contribution < -0.4 is 5.32 Å². The molecule has 1 amide bonds. The molecule has 2 aromatic heterocycles. The van der Waals surface area contributed by atoms with E-state index in [4.69, 9.17) is 4.52 Å². The van der Waals surface area contributed by atoms with E-state index in [9.17, 15) is 4.79 Å². The summed E-state index contributed by atoms with van der Waals surface area (Å²) in [6, 6.07) is 3.85. The summed E-state index contributed by atoms with van der Waals surface area (Å²) in [5.41, 5.74) is 3.03. The van der Waals surface area contributed by atoms with Gasteiger partial charge >= 0.3 is 0 Å². The first-order valence-corrected chi connectivity index (χ1v) is 5.70. The second-order valence-electron chi connectivity index (χ2n) is 4.19. The highest BCUT2D eigenvalue weighted by Crippen LogP contribution is 2.12. The van der Waals surface area contributed by atoms with Gasteiger partial charge in [0.05, 0.1) is 5.69 Å². The van der Waals surface area contributed by atoms with E-state index in [0.717, 1.165) is 11.3 Å². The predicted molar refractivity (Wildman–Crippen MR) is 66.1 cm³/mol. The molecule has 2 rings (SSSR count). The van der Waals surface area contributed by atoms with E-state index in [2.05, 4.69) is 15.5 Å². The van der Waals surface area contributed by atoms with E-state index >= 15 is 0 Å². The summed E-state index contributed by atoms with van der Waals surface area (Å²) in [6.07, 6.45) is 1.75. The maximum Gasteiger partial charge on any atom is 0.257 e. The molecule has 18 heavy (non-hydrogen) atoms. The van der Waals surface area contributed by atoms with Crippen molar-refractivity contribution in [1.82, 2.24) is 15.5 Å². The van der Waals surface area contributed by atoms with Crippen LogP contribution in [0.5, 0.6) is 0 Å². The van der Waals surface area contributed by atoms with Crippen molar-refractivity contribution in [2.45, 2.75) is 27.3 Å². The van der Waals surface area contributed by atoms with Crippen molar-refractivity contribution < 1.29 is 9.32 Å². The van der Waals surface area contributed by atoms with Crippen molar-refractivity contribution in [3.8, 4) is 0 Å². The average Bonchev–Trinajstić information content (AvgIpc) is 2.68. The van der Waals surface area contributed by atoms with Gasteiger partial charge < -0.3 is 9.84 Å². The number of pyridine rings is 1. The lowest BCUT2D eigenvalue weighted by atomic mass is 10.2. The Morgan fingerprint density at radius 1 is 1.33 bits per heavy atom. The number of hydrogen-bond donors (Lipinski definition) is 1. The van der Waals surface area contributed by atoms with Crippen molar-refractivity contribution in [2.75, 3.05) is 0 Å². The molecule has 0 aliphatic carbocycles. The van der Waals surface area contributed by atoms with Gasteiger partial charge in [-0.05, 0) is 32.4 Å². The summed E-state index contributed by atoms with van der Waals surface area (Å²) in [7, 11) is 0. The van der Waals surface area contributed by atoms with Crippen molar-refractivity contribution in [2.24, 2.45) is 0 Å². The van der Waals surface area contributed by atoms with Gasteiger partial charge in [-0.2, -0.15) is 0 Å². The summed E-state index contributed by atoms with van der Waals surface area (Å²) in [5, 5.41) is 6.58. The minimum absolute atomic E-state index is 0.174. The Bertz CT molecular complexity index is 539. The van der Waals surface area contributed by atoms with Gasteiger partial charge in [0.15, 0.2) is 0 Å². The fourth-order valence-corrected chi connectivity index (χ4v) is 1.68. The van der Waals surface area contributed by atoms with Crippen LogP contribution in [0.1, 0.15) is 33.1 Å². The lowest BCUT2D eigenvalue weighted by Crippen LogP contribution is -2.23. The first-order chi connectivity index (χ1) is 8.58. The third kappa shape index (κ3) is 2.56. The second kappa shape index (κ2) is 5.00. The maximum absolute atomic E-state index is 12.0. The van der Waals surface area contributed by atoms with E-state index in [-0.39, 0.29) is 5.91 Å². The molecule has 5 nitrogen and oxygen atoms in total. The highest BCUT2D eigenvalue weighted by Gasteiger charge is 2.16. The number of nitrogens with zero attached hydrogens (tertiary/aromatic N) is 2. The fourth-order valence-electron chi connectivity index (χ4n) is 1.68. The predicted octanol–water partition coefficient (Wildman–Crippen LogP) is 1.92. The monoisotopic (exact) mass is 245 g/mol. The second-order valence-corrected chi connectivity index (χ2v) is 4.19. The van der Waals surface area contributed by atoms with Crippen LogP contribution in [-0.4, -0.2) is 16.0 Å². The van der Waals surface area contributed by atoms with Crippen molar-refractivity contribution in [1.29, 1.82) is 0 Å². The topological polar surface area (TPSA) is 68.0 Å². The minimum Gasteiger partial charge on any atom is -0.361 e. The van der Waals surface area contributed by atoms with Crippen LogP contribution in [0.25, 0.3) is 0 Å². The zero-order valence-corrected chi connectivity index (χ0v) is 10.7. The third-order valence-electron chi connectivity index (χ3n) is 2.69. The first kappa shape index (κ1) is 12.3. The molecule has 0 radical (unpaired) electrons. The van der Waals surface area contributed by atoms with Gasteiger partial charge in [0, 0.05) is 18.4 Å². The zero-order valence-electron chi connectivity index (χ0n) is 10.7. The molecule has 2 heterocycles. The molecule has 0 fully saturated rings. The van der Waals surface area contributed by atoms with Crippen LogP contribution in [0, 0.1) is 20.8 Å². The Labute approximate surface area is 105 Å². The molecule has 0 aliphatic heterocycles. The smallest absolute Gasteiger partial charge is 0.257 e. The van der Waals surface area contributed by atoms with Gasteiger partial charge in [-0.15, -0.1) is 0 Å². The van der Waals surface area contributed by atoms with Crippen LogP contribution in [0.4, 0.5) is 0 Å². The molecular weight excluding hydrogens is 230 g/mol. The number of aryl methyl sites for hydroxylation is 3. The number of carbonyl (C=O) groups excluding carboxylic acids is 1. The largest absolute Gasteiger partial charge is 0.361 e. The molecule has 0 atom stereocenters. The molecular formula is C13H15N3O2. The first-order valence-electron chi connectivity index (χ1n) is 5.70. The van der Waals surface area contributed by atoms with Gasteiger partial charge in [-0.3, -0.25) is 9.78 Å². The van der Waals surface area contributed by atoms with Crippen LogP contribution >= 0.6 is 0 Å². The molecule has 0 saturated heterocycles. The van der Waals surface area contributed by atoms with Gasteiger partial charge in [0.1, 0.15) is 11.3 Å². The zero-order chi connectivity index (χ0) is 13.1. The fraction of sp³-hybridized carbons (Fsp3) is 0.308. The summed E-state index contributed by atoms with van der Waals surface area (Å²) >= 11 is 0. The number of nitrogens with one attached hydrogen (secondary N) is 1. The quantitative estimate of drug-likeness (QED) is 0.897. The summed E-state index contributed by atoms with van der Waals surface area (Å²) in [6.45, 7) is 5.84. The maximum atomic E-state index is 12.0. The lowest BCUT2D eigenvalue weighted by Gasteiger charge is -2.04. The Balaban J connectivity index is 2.03. The highest BCUT2D eigenvalue weighted by molar-refractivity contribution is 5.95. The van der Waals surface area contributed by atoms with E-state index in [1.165, 1.54) is 0 Å². The van der Waals surface area contributed by atoms with E-state index < -0.39 is 0 Å². The van der Waals surface area contributed by atoms with Crippen molar-refractivity contribution >= 4 is 5.91 Å². The molecule has 1 N–H and O–H groups in total. The molecule has 0 aromatic carbocycles. The number of amides is 1. The molecule has 2 aromatic rings. The minimum atomic E-state index is -0.174. The van der Waals surface area contributed by atoms with Crippen molar-refractivity contribution in [3.63, 3.8) is 0 Å². The molecule has 0 saturated carbocycles. The number of carbonyl (C=O) groups is 1. The van der Waals surface area contributed by atoms with E-state index in [0.29, 0.717) is 23.6 Å². The molecule has 5 heteroatoms. The molecule has 0 unspecified atom stereocenters. The number of hydrogen-bond acceptors (Lipinski definition) is 4. The Morgan fingerprint density at radius 3 is 2.67 bits per heavy atom. The molecule has 0 aliphatic rings. The summed E-state index contributed by atoms with van der Waals surface area (Å²) in [5.74, 6) is 0.360. The SMILES string of the molecule is Cc1ccc(CNC(=O)c2c(C)noc2C)cn1. The molecule has 94 valence electrons. The normalized spacial score (nSPS) is 10.4. The van der Waals surface area contributed by atoms with Crippen molar-refractivity contribution in [3.05, 3.63) is 46.6 Å².